The summed E-state index contributed by atoms with van der Waals surface area (Å²) in [6, 6.07) is 21.6. The number of urea groups is 1. The average molecular weight is 306 g/mol. The lowest BCUT2D eigenvalue weighted by atomic mass is 9.61. The van der Waals surface area contributed by atoms with E-state index in [1.54, 1.807) is 0 Å². The fourth-order valence-corrected chi connectivity index (χ4v) is 4.29. The molecule has 1 aliphatic carbocycles. The molecule has 1 spiro atoms. The van der Waals surface area contributed by atoms with Gasteiger partial charge in [0.25, 0.3) is 0 Å². The van der Waals surface area contributed by atoms with E-state index in [9.17, 15) is 4.79 Å². The maximum atomic E-state index is 11.6. The molecule has 23 heavy (non-hydrogen) atoms. The van der Waals surface area contributed by atoms with E-state index in [1.165, 1.54) is 11.1 Å². The maximum absolute atomic E-state index is 11.6. The zero-order valence-electron chi connectivity index (χ0n) is 13.2. The molecule has 1 aliphatic heterocycles. The Morgan fingerprint density at radius 3 is 1.70 bits per heavy atom. The Labute approximate surface area is 137 Å². The maximum Gasteiger partial charge on any atom is 0.315 e. The fourth-order valence-electron chi connectivity index (χ4n) is 4.29. The van der Waals surface area contributed by atoms with E-state index in [0.29, 0.717) is 0 Å². The molecule has 0 bridgehead atoms. The molecule has 4 rings (SSSR count). The molecule has 2 aromatic carbocycles. The van der Waals surface area contributed by atoms with Crippen LogP contribution in [-0.4, -0.2) is 18.1 Å². The van der Waals surface area contributed by atoms with Crippen molar-refractivity contribution >= 4 is 6.03 Å². The molecule has 118 valence electrons. The van der Waals surface area contributed by atoms with Crippen LogP contribution in [0.25, 0.3) is 0 Å². The molecule has 0 unspecified atom stereocenters. The highest BCUT2D eigenvalue weighted by atomic mass is 16.2. The molecule has 1 saturated heterocycles. The van der Waals surface area contributed by atoms with E-state index in [2.05, 4.69) is 71.3 Å². The second kappa shape index (κ2) is 5.41. The first-order valence-corrected chi connectivity index (χ1v) is 8.40. The highest BCUT2D eigenvalue weighted by molar-refractivity contribution is 5.77. The molecule has 1 saturated carbocycles. The molecule has 2 N–H and O–H groups in total. The van der Waals surface area contributed by atoms with E-state index < -0.39 is 0 Å². The van der Waals surface area contributed by atoms with Crippen molar-refractivity contribution in [2.24, 2.45) is 0 Å². The minimum absolute atomic E-state index is 0.0167. The lowest BCUT2D eigenvalue weighted by Gasteiger charge is -2.45. The standard InChI is InChI=1S/C20H22N2O/c23-18-21-15-19(22-18)11-13-20(14-12-19,16-7-3-1-4-8-16)17-9-5-2-6-10-17/h1-10H,11-15H2,(H2,21,22,23). The van der Waals surface area contributed by atoms with Gasteiger partial charge in [-0.05, 0) is 36.8 Å². The van der Waals surface area contributed by atoms with Crippen LogP contribution < -0.4 is 10.6 Å². The zero-order chi connectivity index (χ0) is 15.8. The third-order valence-corrected chi connectivity index (χ3v) is 5.68. The van der Waals surface area contributed by atoms with Crippen LogP contribution in [-0.2, 0) is 5.41 Å². The summed E-state index contributed by atoms with van der Waals surface area (Å²) in [6.07, 6.45) is 4.14. The van der Waals surface area contributed by atoms with Crippen LogP contribution >= 0.6 is 0 Å². The molecule has 0 aromatic heterocycles. The molecular formula is C20H22N2O. The smallest absolute Gasteiger partial charge is 0.315 e. The molecule has 1 heterocycles. The van der Waals surface area contributed by atoms with Crippen molar-refractivity contribution < 1.29 is 4.79 Å². The molecular weight excluding hydrogens is 284 g/mol. The number of hydrogen-bond acceptors (Lipinski definition) is 1. The first-order valence-electron chi connectivity index (χ1n) is 8.40. The van der Waals surface area contributed by atoms with Gasteiger partial charge in [0.15, 0.2) is 0 Å². The Morgan fingerprint density at radius 2 is 1.26 bits per heavy atom. The van der Waals surface area contributed by atoms with Crippen LogP contribution in [0.3, 0.4) is 0 Å². The summed E-state index contributed by atoms with van der Waals surface area (Å²) >= 11 is 0. The van der Waals surface area contributed by atoms with Gasteiger partial charge in [-0.15, -0.1) is 0 Å². The number of nitrogens with one attached hydrogen (secondary N) is 2. The Balaban J connectivity index is 1.70. The molecule has 0 radical (unpaired) electrons. The predicted molar refractivity (Wildman–Crippen MR) is 91.4 cm³/mol. The van der Waals surface area contributed by atoms with Crippen molar-refractivity contribution in [1.82, 2.24) is 10.6 Å². The topological polar surface area (TPSA) is 41.1 Å². The number of benzene rings is 2. The summed E-state index contributed by atoms with van der Waals surface area (Å²) in [6.45, 7) is 0.755. The molecule has 0 atom stereocenters. The zero-order valence-corrected chi connectivity index (χ0v) is 13.2. The number of amides is 2. The van der Waals surface area contributed by atoms with Crippen molar-refractivity contribution in [3.05, 3.63) is 71.8 Å². The van der Waals surface area contributed by atoms with Gasteiger partial charge in [0.2, 0.25) is 0 Å². The molecule has 2 fully saturated rings. The summed E-state index contributed by atoms with van der Waals surface area (Å²) < 4.78 is 0. The largest absolute Gasteiger partial charge is 0.336 e. The fraction of sp³-hybridized carbons (Fsp3) is 0.350. The van der Waals surface area contributed by atoms with Crippen molar-refractivity contribution in [1.29, 1.82) is 0 Å². The number of carbonyl (C=O) groups excluding carboxylic acids is 1. The summed E-state index contributed by atoms with van der Waals surface area (Å²) in [7, 11) is 0. The second-order valence-corrected chi connectivity index (χ2v) is 6.90. The minimum atomic E-state index is -0.0514. The van der Waals surface area contributed by atoms with Crippen molar-refractivity contribution in [2.45, 2.75) is 36.6 Å². The Kier molecular flexibility index (Phi) is 3.37. The predicted octanol–water partition coefficient (Wildman–Crippen LogP) is 3.60. The van der Waals surface area contributed by atoms with Crippen LogP contribution in [0.5, 0.6) is 0 Å². The molecule has 3 nitrogen and oxygen atoms in total. The van der Waals surface area contributed by atoms with Crippen LogP contribution in [0.1, 0.15) is 36.8 Å². The Bertz CT molecular complexity index is 647. The van der Waals surface area contributed by atoms with E-state index in [1.807, 2.05) is 0 Å². The normalized spacial score (nSPS) is 21.7. The quantitative estimate of drug-likeness (QED) is 0.874. The molecule has 2 aliphatic rings. The summed E-state index contributed by atoms with van der Waals surface area (Å²) in [5.74, 6) is 0. The van der Waals surface area contributed by atoms with Crippen molar-refractivity contribution in [3.63, 3.8) is 0 Å². The van der Waals surface area contributed by atoms with Gasteiger partial charge in [-0.2, -0.15) is 0 Å². The van der Waals surface area contributed by atoms with Gasteiger partial charge < -0.3 is 10.6 Å². The third kappa shape index (κ3) is 2.40. The number of rotatable bonds is 2. The van der Waals surface area contributed by atoms with Crippen molar-refractivity contribution in [2.75, 3.05) is 6.54 Å². The second-order valence-electron chi connectivity index (χ2n) is 6.90. The monoisotopic (exact) mass is 306 g/mol. The lowest BCUT2D eigenvalue weighted by Crippen LogP contribution is -2.50. The van der Waals surface area contributed by atoms with E-state index >= 15 is 0 Å². The van der Waals surface area contributed by atoms with E-state index in [0.717, 1.165) is 32.2 Å². The first-order chi connectivity index (χ1) is 11.2. The van der Waals surface area contributed by atoms with Crippen LogP contribution in [0.2, 0.25) is 0 Å². The van der Waals surface area contributed by atoms with Crippen molar-refractivity contribution in [3.8, 4) is 0 Å². The number of hydrogen-bond donors (Lipinski definition) is 2. The highest BCUT2D eigenvalue weighted by Gasteiger charge is 2.47. The van der Waals surface area contributed by atoms with Crippen LogP contribution in [0.15, 0.2) is 60.7 Å². The highest BCUT2D eigenvalue weighted by Crippen LogP contribution is 2.47. The van der Waals surface area contributed by atoms with Crippen LogP contribution in [0, 0.1) is 0 Å². The Morgan fingerprint density at radius 1 is 0.739 bits per heavy atom. The molecule has 3 heteroatoms. The lowest BCUT2D eigenvalue weighted by molar-refractivity contribution is 0.209. The van der Waals surface area contributed by atoms with Gasteiger partial charge >= 0.3 is 6.03 Å². The molecule has 2 amide bonds. The minimum Gasteiger partial charge on any atom is -0.336 e. The van der Waals surface area contributed by atoms with Gasteiger partial charge in [-0.1, -0.05) is 60.7 Å². The van der Waals surface area contributed by atoms with Gasteiger partial charge in [0.1, 0.15) is 0 Å². The van der Waals surface area contributed by atoms with Crippen LogP contribution in [0.4, 0.5) is 4.79 Å². The number of carbonyl (C=O) groups is 1. The summed E-state index contributed by atoms with van der Waals surface area (Å²) in [5, 5.41) is 6.10. The van der Waals surface area contributed by atoms with Gasteiger partial charge in [0.05, 0.1) is 5.54 Å². The SMILES string of the molecule is O=C1NCC2(CCC(c3ccccc3)(c3ccccc3)CC2)N1. The van der Waals surface area contributed by atoms with Gasteiger partial charge in [-0.25, -0.2) is 4.79 Å². The Hall–Kier alpha value is -2.29. The third-order valence-electron chi connectivity index (χ3n) is 5.68. The van der Waals surface area contributed by atoms with E-state index in [-0.39, 0.29) is 17.0 Å². The summed E-state index contributed by atoms with van der Waals surface area (Å²) in [4.78, 5) is 11.6. The van der Waals surface area contributed by atoms with Gasteiger partial charge in [0, 0.05) is 12.0 Å². The summed E-state index contributed by atoms with van der Waals surface area (Å²) in [5.41, 5.74) is 2.78. The first kappa shape index (κ1) is 14.3. The average Bonchev–Trinajstić information content (AvgIpc) is 2.98. The van der Waals surface area contributed by atoms with E-state index in [4.69, 9.17) is 0 Å². The molecule has 2 aromatic rings. The van der Waals surface area contributed by atoms with Gasteiger partial charge in [-0.3, -0.25) is 0 Å².